The molecule has 1 aliphatic heterocycles. The molecule has 3 aromatic rings. The summed E-state index contributed by atoms with van der Waals surface area (Å²) in [7, 11) is 0. The molecule has 1 saturated heterocycles. The monoisotopic (exact) mass is 612 g/mol. The van der Waals surface area contributed by atoms with Gasteiger partial charge in [-0.3, -0.25) is 24.4 Å². The zero-order chi connectivity index (χ0) is 32.0. The molecule has 1 fully saturated rings. The molecule has 5 atom stereocenters. The molecular formula is C37H48N4O4. The number of carbonyl (C=O) groups is 2. The Morgan fingerprint density at radius 2 is 1.73 bits per heavy atom. The summed E-state index contributed by atoms with van der Waals surface area (Å²) in [5, 5.41) is 25.4. The molecule has 0 saturated carbocycles. The van der Waals surface area contributed by atoms with Gasteiger partial charge in [-0.15, -0.1) is 0 Å². The number of fused-ring (bicyclic) bond motifs is 1. The van der Waals surface area contributed by atoms with Gasteiger partial charge in [0.25, 0.3) is 0 Å². The first-order valence-electron chi connectivity index (χ1n) is 16.2. The van der Waals surface area contributed by atoms with Crippen molar-refractivity contribution in [3.63, 3.8) is 0 Å². The maximum Gasteiger partial charge on any atom is 0.224 e. The molecule has 8 nitrogen and oxygen atoms in total. The van der Waals surface area contributed by atoms with Crippen molar-refractivity contribution in [2.24, 2.45) is 11.3 Å². The lowest BCUT2D eigenvalue weighted by atomic mass is 9.86. The third-order valence-electron chi connectivity index (χ3n) is 8.98. The van der Waals surface area contributed by atoms with Crippen LogP contribution < -0.4 is 5.32 Å². The summed E-state index contributed by atoms with van der Waals surface area (Å²) in [6, 6.07) is 20.8. The van der Waals surface area contributed by atoms with Crippen molar-refractivity contribution in [3.8, 4) is 0 Å². The van der Waals surface area contributed by atoms with E-state index in [1.165, 1.54) is 0 Å². The van der Waals surface area contributed by atoms with Gasteiger partial charge < -0.3 is 15.5 Å². The van der Waals surface area contributed by atoms with E-state index in [1.807, 2.05) is 66.9 Å². The molecule has 1 aliphatic carbocycles. The minimum absolute atomic E-state index is 0.144. The quantitative estimate of drug-likeness (QED) is 0.284. The van der Waals surface area contributed by atoms with Crippen LogP contribution in [0.25, 0.3) is 0 Å². The van der Waals surface area contributed by atoms with E-state index >= 15 is 0 Å². The van der Waals surface area contributed by atoms with Gasteiger partial charge in [0.05, 0.1) is 24.3 Å². The number of piperazine rings is 1. The summed E-state index contributed by atoms with van der Waals surface area (Å²) in [4.78, 5) is 36.1. The third-order valence-corrected chi connectivity index (χ3v) is 8.98. The minimum atomic E-state index is -0.805. The van der Waals surface area contributed by atoms with Crippen molar-refractivity contribution >= 4 is 11.7 Å². The zero-order valence-electron chi connectivity index (χ0n) is 26.8. The molecule has 240 valence electrons. The van der Waals surface area contributed by atoms with Crippen molar-refractivity contribution < 1.29 is 19.8 Å². The molecule has 0 spiro atoms. The number of aliphatic hydroxyl groups is 2. The van der Waals surface area contributed by atoms with Gasteiger partial charge in [-0.1, -0.05) is 81.4 Å². The summed E-state index contributed by atoms with van der Waals surface area (Å²) < 4.78 is 0. The number of hydrogen-bond donors (Lipinski definition) is 3. The van der Waals surface area contributed by atoms with Crippen molar-refractivity contribution in [1.29, 1.82) is 0 Å². The number of aliphatic hydroxyl groups excluding tert-OH is 2. The number of nitrogens with zero attached hydrogens (tertiary/aromatic N) is 3. The van der Waals surface area contributed by atoms with Gasteiger partial charge in [0.2, 0.25) is 5.91 Å². The Morgan fingerprint density at radius 3 is 2.47 bits per heavy atom. The van der Waals surface area contributed by atoms with Gasteiger partial charge in [0.1, 0.15) is 0 Å². The molecular weight excluding hydrogens is 564 g/mol. The normalized spacial score (nSPS) is 22.0. The summed E-state index contributed by atoms with van der Waals surface area (Å²) >= 11 is 0. The Bertz CT molecular complexity index is 1410. The van der Waals surface area contributed by atoms with Crippen LogP contribution in [-0.2, 0) is 29.0 Å². The van der Waals surface area contributed by atoms with Gasteiger partial charge in [-0.25, -0.2) is 0 Å². The van der Waals surface area contributed by atoms with E-state index in [2.05, 4.69) is 46.9 Å². The molecule has 45 heavy (non-hydrogen) atoms. The highest BCUT2D eigenvalue weighted by Crippen LogP contribution is 2.32. The highest BCUT2D eigenvalue weighted by Gasteiger charge is 2.37. The second-order valence-corrected chi connectivity index (χ2v) is 14.0. The Kier molecular flexibility index (Phi) is 10.8. The predicted molar refractivity (Wildman–Crippen MR) is 175 cm³/mol. The van der Waals surface area contributed by atoms with E-state index in [0.717, 1.165) is 35.3 Å². The van der Waals surface area contributed by atoms with Crippen molar-refractivity contribution in [2.45, 2.75) is 77.3 Å². The summed E-state index contributed by atoms with van der Waals surface area (Å²) in [6.07, 6.45) is 3.81. The average molecular weight is 613 g/mol. The summed E-state index contributed by atoms with van der Waals surface area (Å²) in [5.74, 6) is -0.503. The fourth-order valence-electron chi connectivity index (χ4n) is 6.81. The van der Waals surface area contributed by atoms with Crippen LogP contribution in [0.4, 0.5) is 0 Å². The van der Waals surface area contributed by atoms with Crippen LogP contribution in [0, 0.1) is 11.3 Å². The number of β-amino-alcohol motifs (C(OH)–C–C–N with tert-alkyl or cyclic N) is 1. The highest BCUT2D eigenvalue weighted by atomic mass is 16.3. The molecule has 1 aromatic heterocycles. The lowest BCUT2D eigenvalue weighted by Gasteiger charge is -2.42. The number of benzene rings is 2. The number of aromatic nitrogens is 1. The number of carbonyl (C=O) groups excluding carboxylic acids is 2. The number of hydrogen-bond acceptors (Lipinski definition) is 7. The number of amides is 1. The van der Waals surface area contributed by atoms with Gasteiger partial charge >= 0.3 is 0 Å². The topological polar surface area (TPSA) is 106 Å². The van der Waals surface area contributed by atoms with Crippen molar-refractivity contribution in [3.05, 3.63) is 101 Å². The molecule has 3 N–H and O–H groups in total. The largest absolute Gasteiger partial charge is 0.392 e. The summed E-state index contributed by atoms with van der Waals surface area (Å²) in [5.41, 5.74) is 3.97. The Balaban J connectivity index is 1.29. The molecule has 2 aromatic carbocycles. The van der Waals surface area contributed by atoms with Crippen LogP contribution in [0.5, 0.6) is 0 Å². The van der Waals surface area contributed by atoms with Crippen LogP contribution in [-0.4, -0.2) is 81.1 Å². The van der Waals surface area contributed by atoms with E-state index in [4.69, 9.17) is 0 Å². The lowest BCUT2D eigenvalue weighted by Crippen LogP contribution is -2.58. The van der Waals surface area contributed by atoms with Crippen LogP contribution >= 0.6 is 0 Å². The first-order valence-corrected chi connectivity index (χ1v) is 16.2. The van der Waals surface area contributed by atoms with E-state index in [-0.39, 0.29) is 29.6 Å². The first kappa shape index (κ1) is 32.9. The van der Waals surface area contributed by atoms with E-state index < -0.39 is 24.2 Å². The molecule has 0 radical (unpaired) electrons. The number of rotatable bonds is 12. The lowest BCUT2D eigenvalue weighted by molar-refractivity contribution is -0.131. The molecule has 0 bridgehead atoms. The van der Waals surface area contributed by atoms with Crippen molar-refractivity contribution in [2.75, 3.05) is 26.2 Å². The van der Waals surface area contributed by atoms with E-state index in [1.54, 1.807) is 6.20 Å². The van der Waals surface area contributed by atoms with Gasteiger partial charge in [0.15, 0.2) is 5.78 Å². The maximum atomic E-state index is 13.8. The molecule has 2 aliphatic rings. The van der Waals surface area contributed by atoms with Crippen LogP contribution in [0.3, 0.4) is 0 Å². The predicted octanol–water partition coefficient (Wildman–Crippen LogP) is 3.96. The minimum Gasteiger partial charge on any atom is -0.392 e. The number of pyridine rings is 1. The van der Waals surface area contributed by atoms with Gasteiger partial charge in [-0.2, -0.15) is 0 Å². The zero-order valence-corrected chi connectivity index (χ0v) is 26.8. The highest BCUT2D eigenvalue weighted by molar-refractivity contribution is 5.85. The standard InChI is InChI=1S/C37H48N4O4/c1-37(2,3)21-34(44)32-25-40(23-27-12-9-15-38-22-27)16-17-41(32)24-30(42)19-29(18-26-10-5-4-6-11-26)36(45)39-35-31-14-8-7-13-28(31)20-33(35)43/h4-15,22,29-30,32-33,35,42-43H,16-21,23-25H2,1-3H3,(H,39,45)/t29-,30+,32+,33-,35+/m1/s1. The molecule has 1 amide bonds. The molecule has 2 heterocycles. The van der Waals surface area contributed by atoms with Crippen LogP contribution in [0.1, 0.15) is 61.9 Å². The number of ketones is 1. The number of nitrogens with one attached hydrogen (secondary N) is 1. The molecule has 0 unspecified atom stereocenters. The van der Waals surface area contributed by atoms with Crippen LogP contribution in [0.15, 0.2) is 79.1 Å². The fourth-order valence-corrected chi connectivity index (χ4v) is 6.81. The Labute approximate surface area is 267 Å². The van der Waals surface area contributed by atoms with Gasteiger partial charge in [-0.05, 0) is 46.6 Å². The Morgan fingerprint density at radius 1 is 1.00 bits per heavy atom. The van der Waals surface area contributed by atoms with Gasteiger partial charge in [0, 0.05) is 63.9 Å². The maximum absolute atomic E-state index is 13.8. The smallest absolute Gasteiger partial charge is 0.224 e. The van der Waals surface area contributed by atoms with E-state index in [9.17, 15) is 19.8 Å². The molecule has 8 heteroatoms. The third kappa shape index (κ3) is 9.07. The van der Waals surface area contributed by atoms with Crippen molar-refractivity contribution in [1.82, 2.24) is 20.1 Å². The SMILES string of the molecule is CC(C)(C)CC(=O)[C@@H]1CN(Cc2cccnc2)CCN1C[C@@H](O)C[C@@H](Cc1ccccc1)C(=O)N[C@H]1c2ccccc2C[C@H]1O. The first-order chi connectivity index (χ1) is 21.6. The second-order valence-electron chi connectivity index (χ2n) is 14.0. The van der Waals surface area contributed by atoms with Crippen LogP contribution in [0.2, 0.25) is 0 Å². The average Bonchev–Trinajstić information content (AvgIpc) is 3.32. The van der Waals surface area contributed by atoms with E-state index in [0.29, 0.717) is 38.9 Å². The Hall–Kier alpha value is -3.43. The second kappa shape index (κ2) is 14.8. The fraction of sp³-hybridized carbons (Fsp3) is 0.486. The molecule has 5 rings (SSSR count). The summed E-state index contributed by atoms with van der Waals surface area (Å²) in [6.45, 7) is 9.27. The number of Topliss-reactive ketones (excluding diaryl/α,β-unsaturated/α-hetero) is 1.